The molecule has 0 radical (unpaired) electrons. The highest BCUT2D eigenvalue weighted by molar-refractivity contribution is 7.98. The molecular weight excluding hydrogens is 1200 g/mol. The Balaban J connectivity index is 0.000000258. The van der Waals surface area contributed by atoms with Gasteiger partial charge in [-0.15, -0.1) is 11.6 Å². The predicted octanol–water partition coefficient (Wildman–Crippen LogP) is 14.3. The van der Waals surface area contributed by atoms with Gasteiger partial charge in [-0.25, -0.2) is 16.8 Å². The Hall–Kier alpha value is -5.85. The van der Waals surface area contributed by atoms with Crippen LogP contribution in [0.5, 0.6) is 11.5 Å². The van der Waals surface area contributed by atoms with E-state index < -0.39 is 63.8 Å². The number of alkyl halides is 7. The molecule has 2 aliphatic carbocycles. The van der Waals surface area contributed by atoms with Gasteiger partial charge in [0, 0.05) is 25.8 Å². The summed E-state index contributed by atoms with van der Waals surface area (Å²) in [6.45, 7) is 5.20. The van der Waals surface area contributed by atoms with E-state index in [0.29, 0.717) is 28.9 Å². The van der Waals surface area contributed by atoms with Crippen molar-refractivity contribution >= 4 is 53.6 Å². The molecule has 0 fully saturated rings. The molecule has 0 bridgehead atoms. The van der Waals surface area contributed by atoms with Crippen LogP contribution in [0, 0.1) is 13.8 Å². The molecule has 0 spiro atoms. The van der Waals surface area contributed by atoms with E-state index in [-0.39, 0.29) is 31.6 Å². The van der Waals surface area contributed by atoms with Crippen molar-refractivity contribution in [2.24, 2.45) is 0 Å². The van der Waals surface area contributed by atoms with Gasteiger partial charge in [0.2, 0.25) is 0 Å². The number of hydrogen-bond donors (Lipinski definition) is 1. The average molecular weight is 1270 g/mol. The Morgan fingerprint density at radius 3 is 1.19 bits per heavy atom. The first-order chi connectivity index (χ1) is 39.5. The molecule has 84 heavy (non-hydrogen) atoms. The number of benzene rings is 6. The van der Waals surface area contributed by atoms with E-state index in [0.717, 1.165) is 46.6 Å². The van der Waals surface area contributed by atoms with Crippen LogP contribution in [-0.2, 0) is 51.5 Å². The SMILES string of the molecule is CC(O)(COc1ccc([S+](c2ccccc2)C2C=CC=CC2)cc1)C(F)(F)F.CCCl.COCOC(C)(COc1ccc([S+](c2ccccc2)C2C=CC=CC2)cc1)C(F)(F)F.Cc1ccc(S(=O)(=O)[O-])cc1.Cc1ccc(S(=O)(=O)[O-])cc1. The molecule has 0 aromatic heterocycles. The van der Waals surface area contributed by atoms with Gasteiger partial charge in [0.15, 0.2) is 41.3 Å². The summed E-state index contributed by atoms with van der Waals surface area (Å²) in [6, 6.07) is 46.4. The zero-order valence-corrected chi connectivity index (χ0v) is 50.9. The molecule has 11 nitrogen and oxygen atoms in total. The zero-order chi connectivity index (χ0) is 62.2. The Bertz CT molecular complexity index is 3180. The molecule has 6 aromatic carbocycles. The summed E-state index contributed by atoms with van der Waals surface area (Å²) in [6.07, 6.45) is 9.43. The second kappa shape index (κ2) is 33.2. The third-order valence-corrected chi connectivity index (χ3v) is 18.7. The minimum atomic E-state index is -4.74. The molecule has 0 aliphatic heterocycles. The molecule has 6 aromatic rings. The number of allylic oxidation sites excluding steroid dienone is 6. The molecule has 6 atom stereocenters. The quantitative estimate of drug-likeness (QED) is 0.0303. The molecule has 8 rings (SSSR count). The summed E-state index contributed by atoms with van der Waals surface area (Å²) < 4.78 is 161. The van der Waals surface area contributed by atoms with Gasteiger partial charge in [-0.2, -0.15) is 26.3 Å². The van der Waals surface area contributed by atoms with E-state index in [1.54, 1.807) is 48.5 Å². The van der Waals surface area contributed by atoms with E-state index in [1.165, 1.54) is 41.2 Å². The van der Waals surface area contributed by atoms with Gasteiger partial charge in [-0.05, 0) is 137 Å². The lowest BCUT2D eigenvalue weighted by Gasteiger charge is -2.31. The first kappa shape index (κ1) is 70.6. The van der Waals surface area contributed by atoms with Crippen molar-refractivity contribution in [3.63, 3.8) is 0 Å². The van der Waals surface area contributed by atoms with Crippen molar-refractivity contribution in [2.45, 2.75) is 111 Å². The van der Waals surface area contributed by atoms with Crippen LogP contribution in [-0.4, -0.2) is 98.1 Å². The first-order valence-electron chi connectivity index (χ1n) is 25.8. The van der Waals surface area contributed by atoms with Crippen molar-refractivity contribution in [3.05, 3.63) is 217 Å². The molecule has 0 amide bonds. The van der Waals surface area contributed by atoms with Gasteiger partial charge < -0.3 is 33.2 Å². The molecule has 0 heterocycles. The fraction of sp³-hybridized carbons (Fsp3) is 0.290. The lowest BCUT2D eigenvalue weighted by atomic mass is 10.1. The highest BCUT2D eigenvalue weighted by Crippen LogP contribution is 2.37. The predicted molar refractivity (Wildman–Crippen MR) is 317 cm³/mol. The van der Waals surface area contributed by atoms with Gasteiger partial charge in [0.1, 0.15) is 51.7 Å². The number of rotatable bonds is 17. The van der Waals surface area contributed by atoms with Crippen LogP contribution in [0.2, 0.25) is 0 Å². The Labute approximate surface area is 499 Å². The number of methoxy groups -OCH3 is 1. The smallest absolute Gasteiger partial charge is 0.420 e. The van der Waals surface area contributed by atoms with Crippen molar-refractivity contribution in [3.8, 4) is 11.5 Å². The molecule has 0 saturated heterocycles. The van der Waals surface area contributed by atoms with Crippen molar-refractivity contribution < 1.29 is 76.3 Å². The van der Waals surface area contributed by atoms with Crippen LogP contribution < -0.4 is 9.47 Å². The Morgan fingerprint density at radius 2 is 0.893 bits per heavy atom. The zero-order valence-electron chi connectivity index (χ0n) is 46.8. The van der Waals surface area contributed by atoms with Gasteiger partial charge >= 0.3 is 12.4 Å². The average Bonchev–Trinajstić information content (AvgIpc) is 3.62. The van der Waals surface area contributed by atoms with Crippen molar-refractivity contribution in [1.82, 2.24) is 0 Å². The summed E-state index contributed by atoms with van der Waals surface area (Å²) >= 11 is 5.00. The van der Waals surface area contributed by atoms with Crippen LogP contribution >= 0.6 is 11.6 Å². The number of aryl methyl sites for hydroxylation is 2. The Morgan fingerprint density at radius 1 is 0.548 bits per heavy atom. The lowest BCUT2D eigenvalue weighted by molar-refractivity contribution is -0.296. The first-order valence-corrected chi connectivity index (χ1v) is 31.7. The monoisotopic (exact) mass is 1260 g/mol. The summed E-state index contributed by atoms with van der Waals surface area (Å²) in [5, 5.41) is 10.2. The topological polar surface area (TPSA) is 172 Å². The molecule has 22 heteroatoms. The van der Waals surface area contributed by atoms with Crippen LogP contribution in [0.4, 0.5) is 26.3 Å². The molecule has 1 N–H and O–H groups in total. The van der Waals surface area contributed by atoms with Gasteiger partial charge in [-0.3, -0.25) is 0 Å². The maximum Gasteiger partial charge on any atom is 0.420 e. The summed E-state index contributed by atoms with van der Waals surface area (Å²) in [5.41, 5.74) is -3.50. The summed E-state index contributed by atoms with van der Waals surface area (Å²) in [5.74, 6) is 1.37. The minimum Gasteiger partial charge on any atom is -0.744 e. The van der Waals surface area contributed by atoms with Crippen LogP contribution in [0.1, 0.15) is 44.7 Å². The van der Waals surface area contributed by atoms with Crippen LogP contribution in [0.25, 0.3) is 0 Å². The minimum absolute atomic E-state index is 0.178. The van der Waals surface area contributed by atoms with Crippen molar-refractivity contribution in [2.75, 3.05) is 33.0 Å². The van der Waals surface area contributed by atoms with Crippen LogP contribution in [0.3, 0.4) is 0 Å². The lowest BCUT2D eigenvalue weighted by Crippen LogP contribution is -2.50. The fourth-order valence-electron chi connectivity index (χ4n) is 7.27. The number of hydrogen-bond acceptors (Lipinski definition) is 11. The van der Waals surface area contributed by atoms with Gasteiger partial charge in [0.25, 0.3) is 0 Å². The van der Waals surface area contributed by atoms with E-state index >= 15 is 0 Å². The molecule has 2 aliphatic rings. The van der Waals surface area contributed by atoms with Crippen LogP contribution in [0.15, 0.2) is 236 Å². The molecule has 6 unspecified atom stereocenters. The second-order valence-corrected chi connectivity index (χ2v) is 26.6. The standard InChI is InChI=1S/C24H26F3O3S.C22H22F3O2S.2C7H8O3S.C2H5Cl/c1-23(24(25,26)27,30-18-28-2)17-29-19-13-15-22(16-14-19)31(20-9-5-3-6-10-20)21-11-7-4-8-12-21;1-21(26,22(23,24)25)16-27-17-12-14-20(15-13-17)28(18-8-4-2-5-9-18)19-10-6-3-7-11-19;2*1-6-2-4-7(5-3-6)11(8,9)10;1-2-3/h3-11,13-16,21H,12,17-18H2,1-2H3;2-10,12-15,19,26H,11,16H2,1H3;2*2-5H,1H3,(H,8,9,10);2H2,1H3/q2*+1;;;/p-2. The number of ether oxygens (including phenoxy) is 4. The maximum atomic E-state index is 13.4. The van der Waals surface area contributed by atoms with E-state index in [1.807, 2.05) is 99.7 Å². The van der Waals surface area contributed by atoms with E-state index in [9.17, 15) is 57.4 Å². The third-order valence-electron chi connectivity index (χ3n) is 12.0. The second-order valence-electron chi connectivity index (χ2n) is 18.8. The van der Waals surface area contributed by atoms with E-state index in [2.05, 4.69) is 59.4 Å². The Kier molecular flexibility index (Phi) is 27.9. The maximum absolute atomic E-state index is 13.4. The highest BCUT2D eigenvalue weighted by atomic mass is 35.5. The van der Waals surface area contributed by atoms with Gasteiger partial charge in [-0.1, -0.05) is 115 Å². The largest absolute Gasteiger partial charge is 0.744 e. The molecule has 0 saturated carbocycles. The summed E-state index contributed by atoms with van der Waals surface area (Å²) in [4.78, 5) is 4.27. The summed E-state index contributed by atoms with van der Waals surface area (Å²) in [7, 11) is -7.67. The van der Waals surface area contributed by atoms with E-state index in [4.69, 9.17) is 25.8 Å². The van der Waals surface area contributed by atoms with Crippen molar-refractivity contribution in [1.29, 1.82) is 0 Å². The highest BCUT2D eigenvalue weighted by Gasteiger charge is 2.54. The normalized spacial score (nSPS) is 16.9. The number of halogens is 7. The van der Waals surface area contributed by atoms with Gasteiger partial charge in [0.05, 0.1) is 31.6 Å². The molecular formula is C62H67ClF6O11S4. The third kappa shape index (κ3) is 22.9. The molecule has 454 valence electrons. The number of aliphatic hydroxyl groups is 1. The fourth-order valence-corrected chi connectivity index (χ4v) is 13.0.